The minimum atomic E-state index is -4.49. The number of alkyl halides is 3. The summed E-state index contributed by atoms with van der Waals surface area (Å²) < 4.78 is 40.8. The van der Waals surface area contributed by atoms with Crippen LogP contribution in [0, 0.1) is 0 Å². The molecule has 3 N–H and O–H groups in total. The number of phenolic OH excluding ortho intramolecular Hbond substituents is 2. The molecule has 0 bridgehead atoms. The highest BCUT2D eigenvalue weighted by Gasteiger charge is 2.31. The first-order chi connectivity index (χ1) is 17.1. The minimum absolute atomic E-state index is 0.0394. The summed E-state index contributed by atoms with van der Waals surface area (Å²) in [5, 5.41) is 28.0. The largest absolute Gasteiger partial charge is 0.508 e. The van der Waals surface area contributed by atoms with E-state index in [9.17, 15) is 28.2 Å². The maximum absolute atomic E-state index is 13.4. The quantitative estimate of drug-likeness (QED) is 0.353. The lowest BCUT2D eigenvalue weighted by atomic mass is 10.1. The van der Waals surface area contributed by atoms with Crippen LogP contribution in [-0.2, 0) is 26.3 Å². The number of nitrogens with one attached hydrogen (secondary N) is 1. The molecule has 36 heavy (non-hydrogen) atoms. The lowest BCUT2D eigenvalue weighted by Gasteiger charge is -2.19. The summed E-state index contributed by atoms with van der Waals surface area (Å²) in [6.45, 7) is 0.750. The number of nitrogens with zero attached hydrogens (tertiary/aromatic N) is 3. The molecule has 0 saturated carbocycles. The molecule has 2 heterocycles. The van der Waals surface area contributed by atoms with Crippen molar-refractivity contribution in [3.05, 3.63) is 89.0 Å². The first-order valence-corrected chi connectivity index (χ1v) is 11.0. The number of carbonyl (C=O) groups excluding carboxylic acids is 1. The highest BCUT2D eigenvalue weighted by molar-refractivity contribution is 6.03. The Bertz CT molecular complexity index is 1450. The molecule has 4 aromatic rings. The van der Waals surface area contributed by atoms with Crippen LogP contribution in [0.15, 0.2) is 66.7 Å². The monoisotopic (exact) mass is 494 g/mol. The molecule has 184 valence electrons. The molecular formula is C26H21F3N4O3. The lowest BCUT2D eigenvalue weighted by Crippen LogP contribution is -2.26. The fraction of sp³-hybridized carbons (Fsp3) is 0.154. The Hall–Kier alpha value is -4.47. The van der Waals surface area contributed by atoms with Gasteiger partial charge in [0.1, 0.15) is 22.9 Å². The number of aromatic nitrogens is 2. The fourth-order valence-electron chi connectivity index (χ4n) is 4.29. The fourth-order valence-corrected chi connectivity index (χ4v) is 4.29. The first kappa shape index (κ1) is 23.3. The number of amides is 1. The molecule has 0 radical (unpaired) electrons. The Morgan fingerprint density at radius 1 is 0.972 bits per heavy atom. The van der Waals surface area contributed by atoms with Gasteiger partial charge in [0.05, 0.1) is 16.9 Å². The highest BCUT2D eigenvalue weighted by Crippen LogP contribution is 2.37. The Morgan fingerprint density at radius 3 is 2.33 bits per heavy atom. The van der Waals surface area contributed by atoms with E-state index in [2.05, 4.69) is 10.4 Å². The van der Waals surface area contributed by atoms with Crippen LogP contribution < -0.4 is 5.32 Å². The van der Waals surface area contributed by atoms with Crippen molar-refractivity contribution in [2.24, 2.45) is 7.05 Å². The zero-order chi connectivity index (χ0) is 25.6. The van der Waals surface area contributed by atoms with E-state index in [1.54, 1.807) is 11.9 Å². The third-order valence-corrected chi connectivity index (χ3v) is 6.07. The molecule has 1 aliphatic rings. The van der Waals surface area contributed by atoms with E-state index < -0.39 is 23.4 Å². The molecule has 0 saturated heterocycles. The molecule has 10 heteroatoms. The summed E-state index contributed by atoms with van der Waals surface area (Å²) in [5.41, 5.74) is 1.86. The van der Waals surface area contributed by atoms with Crippen LogP contribution in [0.3, 0.4) is 0 Å². The molecule has 0 fully saturated rings. The van der Waals surface area contributed by atoms with Crippen molar-refractivity contribution < 1.29 is 28.2 Å². The normalized spacial score (nSPS) is 13.1. The summed E-state index contributed by atoms with van der Waals surface area (Å²) in [6.07, 6.45) is -4.49. The van der Waals surface area contributed by atoms with E-state index >= 15 is 0 Å². The number of fused-ring (bicyclic) bond motifs is 1. The average Bonchev–Trinajstić information content (AvgIpc) is 3.42. The number of benzene rings is 3. The number of aryl methyl sites for hydroxylation is 1. The molecule has 0 aliphatic carbocycles. The van der Waals surface area contributed by atoms with E-state index in [0.717, 1.165) is 29.3 Å². The van der Waals surface area contributed by atoms with Crippen molar-refractivity contribution >= 4 is 17.4 Å². The van der Waals surface area contributed by atoms with Gasteiger partial charge in [0.2, 0.25) is 0 Å². The number of anilines is 2. The van der Waals surface area contributed by atoms with E-state index in [1.807, 2.05) is 24.3 Å². The number of rotatable bonds is 4. The highest BCUT2D eigenvalue weighted by atomic mass is 19.4. The molecule has 1 amide bonds. The second-order valence-corrected chi connectivity index (χ2v) is 8.56. The topological polar surface area (TPSA) is 90.6 Å². The van der Waals surface area contributed by atoms with Gasteiger partial charge in [-0.2, -0.15) is 18.3 Å². The molecule has 5 rings (SSSR count). The standard InChI is InChI=1S/C26H21F3N4O3/c1-32-23(12-20(31-32)15-7-4-8-18(9-15)26(27,28)29)30-21-10-19(34)11-22(35)24(21)25(36)33-13-16-5-2-3-6-17(16)14-33/h2-12,30,34-35H,13-14H2,1H3. The Kier molecular flexibility index (Phi) is 5.58. The molecule has 1 aromatic heterocycles. The van der Waals surface area contributed by atoms with Gasteiger partial charge < -0.3 is 20.4 Å². The summed E-state index contributed by atoms with van der Waals surface area (Å²) in [6, 6.07) is 16.4. The summed E-state index contributed by atoms with van der Waals surface area (Å²) >= 11 is 0. The van der Waals surface area contributed by atoms with E-state index in [1.165, 1.54) is 28.9 Å². The van der Waals surface area contributed by atoms with Gasteiger partial charge in [-0.05, 0) is 23.3 Å². The van der Waals surface area contributed by atoms with Crippen molar-refractivity contribution in [3.8, 4) is 22.8 Å². The van der Waals surface area contributed by atoms with Crippen LogP contribution in [0.1, 0.15) is 27.0 Å². The number of carbonyl (C=O) groups is 1. The van der Waals surface area contributed by atoms with Crippen LogP contribution in [0.2, 0.25) is 0 Å². The first-order valence-electron chi connectivity index (χ1n) is 11.0. The summed E-state index contributed by atoms with van der Waals surface area (Å²) in [5.74, 6) is -0.770. The number of hydrogen-bond acceptors (Lipinski definition) is 5. The van der Waals surface area contributed by atoms with Crippen LogP contribution in [-0.4, -0.2) is 30.8 Å². The van der Waals surface area contributed by atoms with Crippen molar-refractivity contribution in [1.82, 2.24) is 14.7 Å². The number of hydrogen-bond donors (Lipinski definition) is 3. The maximum Gasteiger partial charge on any atom is 0.416 e. The van der Waals surface area contributed by atoms with Gasteiger partial charge in [-0.1, -0.05) is 36.4 Å². The maximum atomic E-state index is 13.4. The molecule has 1 aliphatic heterocycles. The zero-order valence-corrected chi connectivity index (χ0v) is 19.0. The molecule has 7 nitrogen and oxygen atoms in total. The van der Waals surface area contributed by atoms with E-state index in [4.69, 9.17) is 0 Å². The molecule has 0 atom stereocenters. The SMILES string of the molecule is Cn1nc(-c2cccc(C(F)(F)F)c2)cc1Nc1cc(O)cc(O)c1C(=O)N1Cc2ccccc2C1. The van der Waals surface area contributed by atoms with Crippen molar-refractivity contribution in [1.29, 1.82) is 0 Å². The van der Waals surface area contributed by atoms with Gasteiger partial charge in [-0.25, -0.2) is 0 Å². The average molecular weight is 494 g/mol. The van der Waals surface area contributed by atoms with Gasteiger partial charge in [0.15, 0.2) is 0 Å². The van der Waals surface area contributed by atoms with E-state index in [-0.39, 0.29) is 28.3 Å². The third-order valence-electron chi connectivity index (χ3n) is 6.07. The molecule has 0 unspecified atom stereocenters. The Morgan fingerprint density at radius 2 is 1.67 bits per heavy atom. The smallest absolute Gasteiger partial charge is 0.416 e. The van der Waals surface area contributed by atoms with Crippen LogP contribution in [0.4, 0.5) is 24.7 Å². The number of aromatic hydroxyl groups is 2. The zero-order valence-electron chi connectivity index (χ0n) is 19.0. The van der Waals surface area contributed by atoms with Crippen LogP contribution >= 0.6 is 0 Å². The van der Waals surface area contributed by atoms with E-state index in [0.29, 0.717) is 18.9 Å². The van der Waals surface area contributed by atoms with Gasteiger partial charge in [-0.3, -0.25) is 9.48 Å². The minimum Gasteiger partial charge on any atom is -0.508 e. The van der Waals surface area contributed by atoms with Crippen LogP contribution in [0.25, 0.3) is 11.3 Å². The van der Waals surface area contributed by atoms with Gasteiger partial charge >= 0.3 is 6.18 Å². The van der Waals surface area contributed by atoms with Gasteiger partial charge in [0, 0.05) is 43.9 Å². The van der Waals surface area contributed by atoms with Crippen molar-refractivity contribution in [2.45, 2.75) is 19.3 Å². The molecule has 0 spiro atoms. The summed E-state index contributed by atoms with van der Waals surface area (Å²) in [7, 11) is 1.58. The third kappa shape index (κ3) is 4.33. The van der Waals surface area contributed by atoms with Crippen LogP contribution in [0.5, 0.6) is 11.5 Å². The predicted molar refractivity (Wildman–Crippen MR) is 127 cm³/mol. The Balaban J connectivity index is 1.47. The Labute approximate surface area is 204 Å². The second-order valence-electron chi connectivity index (χ2n) is 8.56. The molecule has 3 aromatic carbocycles. The van der Waals surface area contributed by atoms with Crippen molar-refractivity contribution in [2.75, 3.05) is 5.32 Å². The predicted octanol–water partition coefficient (Wildman–Crippen LogP) is 5.42. The molecular weight excluding hydrogens is 473 g/mol. The second kappa shape index (κ2) is 8.63. The summed E-state index contributed by atoms with van der Waals surface area (Å²) in [4.78, 5) is 15.0. The van der Waals surface area contributed by atoms with Gasteiger partial charge in [0.25, 0.3) is 5.91 Å². The van der Waals surface area contributed by atoms with Gasteiger partial charge in [-0.15, -0.1) is 0 Å². The number of halogens is 3. The number of phenols is 2. The lowest BCUT2D eigenvalue weighted by molar-refractivity contribution is -0.137. The van der Waals surface area contributed by atoms with Crippen molar-refractivity contribution in [3.63, 3.8) is 0 Å².